The number of hydrogen-bond donors (Lipinski definition) is 1. The summed E-state index contributed by atoms with van der Waals surface area (Å²) in [5.74, 6) is 1.06. The van der Waals surface area contributed by atoms with Gasteiger partial charge in [0, 0.05) is 31.4 Å². The van der Waals surface area contributed by atoms with Crippen LogP contribution in [0.1, 0.15) is 28.9 Å². The maximum Gasteiger partial charge on any atom is 0.271 e. The van der Waals surface area contributed by atoms with Gasteiger partial charge in [-0.3, -0.25) is 19.8 Å². The third-order valence-electron chi connectivity index (χ3n) is 5.95. The summed E-state index contributed by atoms with van der Waals surface area (Å²) >= 11 is 0. The number of amides is 1. The monoisotopic (exact) mass is 449 g/mol. The van der Waals surface area contributed by atoms with Gasteiger partial charge in [-0.1, -0.05) is 18.2 Å². The first-order valence-corrected chi connectivity index (χ1v) is 11.0. The number of aromatic nitrogens is 2. The number of methoxy groups -OCH3 is 1. The van der Waals surface area contributed by atoms with Gasteiger partial charge in [0.25, 0.3) is 11.6 Å². The van der Waals surface area contributed by atoms with E-state index in [4.69, 9.17) is 4.74 Å². The Bertz CT molecular complexity index is 1100. The van der Waals surface area contributed by atoms with Crippen LogP contribution in [0, 0.1) is 16.0 Å². The molecule has 1 amide bonds. The zero-order valence-corrected chi connectivity index (χ0v) is 18.5. The van der Waals surface area contributed by atoms with Gasteiger partial charge in [-0.15, -0.1) is 0 Å². The molecule has 1 aliphatic heterocycles. The highest BCUT2D eigenvalue weighted by Gasteiger charge is 2.21. The van der Waals surface area contributed by atoms with Gasteiger partial charge in [0.05, 0.1) is 17.7 Å². The van der Waals surface area contributed by atoms with Crippen molar-refractivity contribution in [1.82, 2.24) is 20.0 Å². The van der Waals surface area contributed by atoms with Gasteiger partial charge in [0.1, 0.15) is 5.75 Å². The highest BCUT2D eigenvalue weighted by molar-refractivity contribution is 5.92. The fourth-order valence-electron chi connectivity index (χ4n) is 4.00. The standard InChI is InChI=1S/C24H27N5O4/c1-33-22-7-5-19(6-8-22)17-27-12-9-18(10-13-27)16-25-24(30)23-11-14-28(26-23)20-3-2-4-21(15-20)29(31)32/h2-8,11,14-15,18H,9-10,12-13,16-17H2,1H3,(H,25,30). The summed E-state index contributed by atoms with van der Waals surface area (Å²) < 4.78 is 6.68. The molecule has 0 spiro atoms. The number of nitrogens with one attached hydrogen (secondary N) is 1. The molecule has 0 aliphatic carbocycles. The Morgan fingerprint density at radius 3 is 2.64 bits per heavy atom. The number of nitro benzene ring substituents is 1. The molecule has 1 N–H and O–H groups in total. The van der Waals surface area contributed by atoms with Crippen LogP contribution in [-0.4, -0.2) is 52.3 Å². The molecule has 0 unspecified atom stereocenters. The lowest BCUT2D eigenvalue weighted by Gasteiger charge is -2.32. The molecule has 1 fully saturated rings. The Balaban J connectivity index is 1.24. The van der Waals surface area contributed by atoms with Gasteiger partial charge >= 0.3 is 0 Å². The maximum absolute atomic E-state index is 12.5. The van der Waals surface area contributed by atoms with E-state index in [9.17, 15) is 14.9 Å². The predicted octanol–water partition coefficient (Wildman–Crippen LogP) is 3.43. The van der Waals surface area contributed by atoms with Crippen LogP contribution in [-0.2, 0) is 6.54 Å². The molecule has 4 rings (SSSR count). The lowest BCUT2D eigenvalue weighted by atomic mass is 9.96. The third-order valence-corrected chi connectivity index (χ3v) is 5.95. The van der Waals surface area contributed by atoms with E-state index in [0.717, 1.165) is 38.2 Å². The Hall–Kier alpha value is -3.72. The van der Waals surface area contributed by atoms with E-state index in [2.05, 4.69) is 27.4 Å². The van der Waals surface area contributed by atoms with Crippen LogP contribution >= 0.6 is 0 Å². The summed E-state index contributed by atoms with van der Waals surface area (Å²) in [6.07, 6.45) is 3.68. The number of carbonyl (C=O) groups is 1. The number of likely N-dealkylation sites (tertiary alicyclic amines) is 1. The Kier molecular flexibility index (Phi) is 6.99. The molecule has 2 heterocycles. The predicted molar refractivity (Wildman–Crippen MR) is 124 cm³/mol. The molecule has 1 saturated heterocycles. The average Bonchev–Trinajstić information content (AvgIpc) is 3.34. The molecule has 0 atom stereocenters. The van der Waals surface area contributed by atoms with Crippen molar-refractivity contribution in [2.24, 2.45) is 5.92 Å². The second kappa shape index (κ2) is 10.3. The minimum atomic E-state index is -0.455. The van der Waals surface area contributed by atoms with Crippen LogP contribution in [0.15, 0.2) is 60.8 Å². The number of carbonyl (C=O) groups excluding carboxylic acids is 1. The summed E-state index contributed by atoms with van der Waals surface area (Å²) in [5.41, 5.74) is 2.07. The molecule has 33 heavy (non-hydrogen) atoms. The van der Waals surface area contributed by atoms with Gasteiger partial charge < -0.3 is 10.1 Å². The van der Waals surface area contributed by atoms with Crippen LogP contribution in [0.2, 0.25) is 0 Å². The van der Waals surface area contributed by atoms with E-state index in [1.165, 1.54) is 22.4 Å². The maximum atomic E-state index is 12.5. The molecule has 1 aliphatic rings. The molecule has 2 aromatic carbocycles. The second-order valence-corrected chi connectivity index (χ2v) is 8.20. The van der Waals surface area contributed by atoms with Crippen molar-refractivity contribution in [3.05, 3.63) is 82.2 Å². The van der Waals surface area contributed by atoms with Crippen molar-refractivity contribution in [2.75, 3.05) is 26.7 Å². The van der Waals surface area contributed by atoms with Crippen molar-refractivity contribution in [2.45, 2.75) is 19.4 Å². The highest BCUT2D eigenvalue weighted by atomic mass is 16.6. The smallest absolute Gasteiger partial charge is 0.271 e. The molecule has 1 aromatic heterocycles. The van der Waals surface area contributed by atoms with Crippen molar-refractivity contribution in [3.8, 4) is 11.4 Å². The van der Waals surface area contributed by atoms with Crippen molar-refractivity contribution < 1.29 is 14.5 Å². The lowest BCUT2D eigenvalue weighted by Crippen LogP contribution is -2.38. The van der Waals surface area contributed by atoms with Gasteiger partial charge in [-0.2, -0.15) is 5.10 Å². The highest BCUT2D eigenvalue weighted by Crippen LogP contribution is 2.20. The van der Waals surface area contributed by atoms with Gasteiger partial charge in [-0.05, 0) is 61.7 Å². The van der Waals surface area contributed by atoms with E-state index in [0.29, 0.717) is 23.8 Å². The number of nitro groups is 1. The minimum absolute atomic E-state index is 0.0210. The third kappa shape index (κ3) is 5.75. The zero-order valence-electron chi connectivity index (χ0n) is 18.5. The summed E-state index contributed by atoms with van der Waals surface area (Å²) in [6, 6.07) is 15.9. The molecular weight excluding hydrogens is 422 g/mol. The number of hydrogen-bond acceptors (Lipinski definition) is 6. The normalized spacial score (nSPS) is 14.7. The first-order chi connectivity index (χ1) is 16.0. The van der Waals surface area contributed by atoms with Crippen molar-refractivity contribution >= 4 is 11.6 Å². The van der Waals surface area contributed by atoms with Gasteiger partial charge in [-0.25, -0.2) is 4.68 Å². The number of non-ortho nitro benzene ring substituents is 1. The number of nitrogens with zero attached hydrogens (tertiary/aromatic N) is 4. The SMILES string of the molecule is COc1ccc(CN2CCC(CNC(=O)c3ccn(-c4cccc([N+](=O)[O-])c4)n3)CC2)cc1. The first-order valence-electron chi connectivity index (χ1n) is 11.0. The second-order valence-electron chi connectivity index (χ2n) is 8.20. The number of benzene rings is 2. The molecule has 9 nitrogen and oxygen atoms in total. The summed E-state index contributed by atoms with van der Waals surface area (Å²) in [7, 11) is 1.67. The van der Waals surface area contributed by atoms with Crippen LogP contribution in [0.25, 0.3) is 5.69 Å². The Labute approximate surface area is 192 Å². The fraction of sp³-hybridized carbons (Fsp3) is 0.333. The minimum Gasteiger partial charge on any atom is -0.497 e. The molecule has 0 bridgehead atoms. The van der Waals surface area contributed by atoms with Crippen LogP contribution in [0.3, 0.4) is 0 Å². The van der Waals surface area contributed by atoms with E-state index in [-0.39, 0.29) is 11.6 Å². The first kappa shape index (κ1) is 22.5. The summed E-state index contributed by atoms with van der Waals surface area (Å²) in [6.45, 7) is 3.51. The fourth-order valence-corrected chi connectivity index (χ4v) is 4.00. The van der Waals surface area contributed by atoms with Crippen molar-refractivity contribution in [3.63, 3.8) is 0 Å². The molecule has 0 saturated carbocycles. The molecule has 0 radical (unpaired) electrons. The Morgan fingerprint density at radius 1 is 1.18 bits per heavy atom. The molecule has 9 heteroatoms. The van der Waals surface area contributed by atoms with Crippen LogP contribution < -0.4 is 10.1 Å². The van der Waals surface area contributed by atoms with E-state index < -0.39 is 4.92 Å². The number of ether oxygens (including phenoxy) is 1. The van der Waals surface area contributed by atoms with Crippen LogP contribution in [0.4, 0.5) is 5.69 Å². The van der Waals surface area contributed by atoms with Crippen molar-refractivity contribution in [1.29, 1.82) is 0 Å². The van der Waals surface area contributed by atoms with Crippen LogP contribution in [0.5, 0.6) is 5.75 Å². The summed E-state index contributed by atoms with van der Waals surface area (Å²) in [5, 5.41) is 18.2. The van der Waals surface area contributed by atoms with E-state index >= 15 is 0 Å². The Morgan fingerprint density at radius 2 is 1.94 bits per heavy atom. The topological polar surface area (TPSA) is 103 Å². The zero-order chi connectivity index (χ0) is 23.2. The summed E-state index contributed by atoms with van der Waals surface area (Å²) in [4.78, 5) is 25.5. The molecule has 3 aromatic rings. The van der Waals surface area contributed by atoms with E-state index in [1.54, 1.807) is 31.5 Å². The molecule has 172 valence electrons. The lowest BCUT2D eigenvalue weighted by molar-refractivity contribution is -0.384. The number of rotatable bonds is 8. The number of piperidine rings is 1. The van der Waals surface area contributed by atoms with E-state index in [1.807, 2.05) is 12.1 Å². The average molecular weight is 450 g/mol. The molecular formula is C24H27N5O4. The largest absolute Gasteiger partial charge is 0.497 e. The van der Waals surface area contributed by atoms with Gasteiger partial charge in [0.2, 0.25) is 0 Å². The van der Waals surface area contributed by atoms with Gasteiger partial charge in [0.15, 0.2) is 5.69 Å². The quantitative estimate of drug-likeness (QED) is 0.418.